The van der Waals surface area contributed by atoms with Crippen LogP contribution in [-0.2, 0) is 11.3 Å². The second-order valence-corrected chi connectivity index (χ2v) is 7.53. The second-order valence-electron chi connectivity index (χ2n) is 6.28. The van der Waals surface area contributed by atoms with Crippen molar-refractivity contribution in [3.05, 3.63) is 63.1 Å². The van der Waals surface area contributed by atoms with Gasteiger partial charge in [-0.05, 0) is 49.2 Å². The Morgan fingerprint density at radius 2 is 1.92 bits per heavy atom. The average Bonchev–Trinajstić information content (AvgIpc) is 2.60. The zero-order valence-corrected chi connectivity index (χ0v) is 15.9. The van der Waals surface area contributed by atoms with Crippen molar-refractivity contribution in [2.24, 2.45) is 5.92 Å². The molecule has 3 rings (SSSR count). The van der Waals surface area contributed by atoms with Gasteiger partial charge in [-0.15, -0.1) is 0 Å². The zero-order valence-electron chi connectivity index (χ0n) is 13.6. The van der Waals surface area contributed by atoms with Crippen LogP contribution in [0.4, 0.5) is 5.69 Å². The number of hydrogen-bond donors (Lipinski definition) is 1. The van der Waals surface area contributed by atoms with Crippen molar-refractivity contribution in [1.29, 1.82) is 0 Å². The molecule has 1 amide bonds. The van der Waals surface area contributed by atoms with E-state index in [4.69, 9.17) is 34.8 Å². The zero-order chi connectivity index (χ0) is 17.8. The van der Waals surface area contributed by atoms with Crippen molar-refractivity contribution in [1.82, 2.24) is 4.90 Å². The Morgan fingerprint density at radius 1 is 1.12 bits per heavy atom. The van der Waals surface area contributed by atoms with Gasteiger partial charge in [0, 0.05) is 23.1 Å². The maximum Gasteiger partial charge on any atom is 0.228 e. The number of nitrogens with one attached hydrogen (secondary N) is 1. The Bertz CT molecular complexity index is 766. The molecular weight excluding hydrogens is 379 g/mol. The first-order chi connectivity index (χ1) is 12.0. The van der Waals surface area contributed by atoms with E-state index in [1.807, 2.05) is 24.3 Å². The lowest BCUT2D eigenvalue weighted by Crippen LogP contribution is -2.40. The van der Waals surface area contributed by atoms with E-state index in [1.165, 1.54) is 0 Å². The monoisotopic (exact) mass is 396 g/mol. The first-order valence-corrected chi connectivity index (χ1v) is 9.38. The van der Waals surface area contributed by atoms with Gasteiger partial charge in [0.25, 0.3) is 0 Å². The molecule has 0 radical (unpaired) electrons. The smallest absolute Gasteiger partial charge is 0.228 e. The van der Waals surface area contributed by atoms with Crippen LogP contribution < -0.4 is 5.32 Å². The summed E-state index contributed by atoms with van der Waals surface area (Å²) in [5, 5.41) is 4.70. The molecule has 0 aromatic heterocycles. The number of carbonyl (C=O) groups excluding carboxylic acids is 1. The van der Waals surface area contributed by atoms with Gasteiger partial charge in [-0.3, -0.25) is 9.69 Å². The van der Waals surface area contributed by atoms with E-state index in [1.54, 1.807) is 18.2 Å². The molecule has 0 unspecified atom stereocenters. The van der Waals surface area contributed by atoms with Crippen LogP contribution in [0.1, 0.15) is 18.4 Å². The summed E-state index contributed by atoms with van der Waals surface area (Å²) in [5.74, 6) is -0.0979. The summed E-state index contributed by atoms with van der Waals surface area (Å²) in [5.41, 5.74) is 1.64. The van der Waals surface area contributed by atoms with E-state index in [-0.39, 0.29) is 11.8 Å². The van der Waals surface area contributed by atoms with Gasteiger partial charge in [-0.25, -0.2) is 0 Å². The average molecular weight is 398 g/mol. The number of benzene rings is 2. The van der Waals surface area contributed by atoms with Crippen LogP contribution in [0.15, 0.2) is 42.5 Å². The fourth-order valence-corrected chi connectivity index (χ4v) is 3.64. The van der Waals surface area contributed by atoms with Crippen LogP contribution in [0.2, 0.25) is 15.1 Å². The lowest BCUT2D eigenvalue weighted by molar-refractivity contribution is -0.121. The molecule has 1 fully saturated rings. The van der Waals surface area contributed by atoms with Crippen molar-refractivity contribution in [2.45, 2.75) is 19.4 Å². The number of carbonyl (C=O) groups is 1. The number of anilines is 1. The topological polar surface area (TPSA) is 32.3 Å². The largest absolute Gasteiger partial charge is 0.324 e. The van der Waals surface area contributed by atoms with Gasteiger partial charge in [0.2, 0.25) is 5.91 Å². The minimum absolute atomic E-state index is 0.0203. The standard InChI is InChI=1S/C19H19Cl3N2O/c20-15-7-8-17(22)18(10-15)23-19(25)14-5-3-9-24(12-14)11-13-4-1-2-6-16(13)21/h1-2,4,6-8,10,14H,3,5,9,11-12H2,(H,23,25)/t14-/m0/s1. The summed E-state index contributed by atoms with van der Waals surface area (Å²) in [7, 11) is 0. The summed E-state index contributed by atoms with van der Waals surface area (Å²) in [4.78, 5) is 14.9. The van der Waals surface area contributed by atoms with Crippen LogP contribution in [0.3, 0.4) is 0 Å². The second kappa shape index (κ2) is 8.41. The molecule has 25 heavy (non-hydrogen) atoms. The third-order valence-corrected chi connectivity index (χ3v) is 5.35. The number of piperidine rings is 1. The Kier molecular flexibility index (Phi) is 6.24. The highest BCUT2D eigenvalue weighted by Crippen LogP contribution is 2.27. The summed E-state index contributed by atoms with van der Waals surface area (Å²) in [6.07, 6.45) is 1.84. The van der Waals surface area contributed by atoms with E-state index < -0.39 is 0 Å². The fourth-order valence-electron chi connectivity index (χ4n) is 3.11. The number of amides is 1. The molecule has 1 heterocycles. The fraction of sp³-hybridized carbons (Fsp3) is 0.316. The van der Waals surface area contributed by atoms with Crippen molar-refractivity contribution < 1.29 is 4.79 Å². The summed E-state index contributed by atoms with van der Waals surface area (Å²) in [6, 6.07) is 12.9. The predicted octanol–water partition coefficient (Wildman–Crippen LogP) is 5.50. The molecule has 0 bridgehead atoms. The van der Waals surface area contributed by atoms with Crippen molar-refractivity contribution in [2.75, 3.05) is 18.4 Å². The molecular formula is C19H19Cl3N2O. The number of halogens is 3. The van der Waals surface area contributed by atoms with Gasteiger partial charge in [0.05, 0.1) is 16.6 Å². The highest BCUT2D eigenvalue weighted by molar-refractivity contribution is 6.35. The third-order valence-electron chi connectivity index (χ3n) is 4.41. The predicted molar refractivity (Wildman–Crippen MR) is 105 cm³/mol. The normalized spacial score (nSPS) is 18.1. The maximum absolute atomic E-state index is 12.6. The minimum Gasteiger partial charge on any atom is -0.324 e. The number of hydrogen-bond acceptors (Lipinski definition) is 2. The van der Waals surface area contributed by atoms with E-state index in [0.29, 0.717) is 22.3 Å². The summed E-state index contributed by atoms with van der Waals surface area (Å²) < 4.78 is 0. The molecule has 1 N–H and O–H groups in total. The van der Waals surface area contributed by atoms with Crippen LogP contribution >= 0.6 is 34.8 Å². The van der Waals surface area contributed by atoms with Gasteiger partial charge in [-0.2, -0.15) is 0 Å². The molecule has 1 aliphatic heterocycles. The van der Waals surface area contributed by atoms with Crippen molar-refractivity contribution >= 4 is 46.4 Å². The molecule has 0 saturated carbocycles. The highest BCUT2D eigenvalue weighted by atomic mass is 35.5. The van der Waals surface area contributed by atoms with E-state index >= 15 is 0 Å². The lowest BCUT2D eigenvalue weighted by atomic mass is 9.96. The summed E-state index contributed by atoms with van der Waals surface area (Å²) in [6.45, 7) is 2.42. The molecule has 6 heteroatoms. The van der Waals surface area contributed by atoms with Gasteiger partial charge < -0.3 is 5.32 Å². The third kappa shape index (κ3) is 4.89. The number of likely N-dealkylation sites (tertiary alicyclic amines) is 1. The first-order valence-electron chi connectivity index (χ1n) is 8.24. The minimum atomic E-state index is -0.0775. The molecule has 1 aliphatic rings. The van der Waals surface area contributed by atoms with Crippen LogP contribution in [-0.4, -0.2) is 23.9 Å². The molecule has 0 spiro atoms. The van der Waals surface area contributed by atoms with Crippen LogP contribution in [0.5, 0.6) is 0 Å². The van der Waals surface area contributed by atoms with Crippen molar-refractivity contribution in [3.8, 4) is 0 Å². The molecule has 0 aliphatic carbocycles. The van der Waals surface area contributed by atoms with E-state index in [0.717, 1.165) is 36.5 Å². The number of rotatable bonds is 4. The lowest BCUT2D eigenvalue weighted by Gasteiger charge is -2.32. The molecule has 2 aromatic rings. The first kappa shape index (κ1) is 18.5. The van der Waals surface area contributed by atoms with Gasteiger partial charge in [-0.1, -0.05) is 53.0 Å². The Labute approximate surface area is 162 Å². The quantitative estimate of drug-likeness (QED) is 0.739. The van der Waals surface area contributed by atoms with Gasteiger partial charge in [0.1, 0.15) is 0 Å². The molecule has 132 valence electrons. The van der Waals surface area contributed by atoms with Gasteiger partial charge >= 0.3 is 0 Å². The summed E-state index contributed by atoms with van der Waals surface area (Å²) >= 11 is 18.4. The molecule has 3 nitrogen and oxygen atoms in total. The highest BCUT2D eigenvalue weighted by Gasteiger charge is 2.26. The molecule has 2 aromatic carbocycles. The number of nitrogens with zero attached hydrogens (tertiary/aromatic N) is 1. The van der Waals surface area contributed by atoms with E-state index in [2.05, 4.69) is 10.2 Å². The Morgan fingerprint density at radius 3 is 2.72 bits per heavy atom. The van der Waals surface area contributed by atoms with E-state index in [9.17, 15) is 4.79 Å². The van der Waals surface area contributed by atoms with Crippen LogP contribution in [0.25, 0.3) is 0 Å². The SMILES string of the molecule is O=C(Nc1cc(Cl)ccc1Cl)[C@H]1CCCN(Cc2ccccc2Cl)C1. The molecule has 1 atom stereocenters. The Hall–Kier alpha value is -1.26. The Balaban J connectivity index is 1.63. The van der Waals surface area contributed by atoms with Crippen molar-refractivity contribution in [3.63, 3.8) is 0 Å². The molecule has 1 saturated heterocycles. The van der Waals surface area contributed by atoms with Crippen LogP contribution in [0, 0.1) is 5.92 Å². The maximum atomic E-state index is 12.6. The van der Waals surface area contributed by atoms with Gasteiger partial charge in [0.15, 0.2) is 0 Å².